The highest BCUT2D eigenvalue weighted by molar-refractivity contribution is 5.70. The molecule has 7 heteroatoms. The highest BCUT2D eigenvalue weighted by Gasteiger charge is 2.67. The summed E-state index contributed by atoms with van der Waals surface area (Å²) < 4.78 is 12.6. The molecule has 1 amide bonds. The Morgan fingerprint density at radius 1 is 0.943 bits per heavy atom. The van der Waals surface area contributed by atoms with Crippen molar-refractivity contribution in [1.29, 1.82) is 0 Å². The molecule has 5 saturated carbocycles. The van der Waals surface area contributed by atoms with Crippen molar-refractivity contribution in [2.75, 3.05) is 13.1 Å². The van der Waals surface area contributed by atoms with Crippen LogP contribution in [-0.2, 0) is 14.5 Å². The number of piperidine rings is 1. The molecule has 2 atom stereocenters. The third-order valence-electron chi connectivity index (χ3n) is 9.97. The second-order valence-electron chi connectivity index (χ2n) is 12.3. The Bertz CT molecular complexity index is 931. The van der Waals surface area contributed by atoms with Crippen molar-refractivity contribution in [3.05, 3.63) is 29.8 Å². The Kier molecular flexibility index (Phi) is 5.43. The summed E-state index contributed by atoms with van der Waals surface area (Å²) in [4.78, 5) is 26.6. The Morgan fingerprint density at radius 3 is 2.31 bits per heavy atom. The number of hydrogen-bond donors (Lipinski definition) is 1. The summed E-state index contributed by atoms with van der Waals surface area (Å²) in [7, 11) is 0. The fraction of sp³-hybridized carbons (Fsp3) is 0.750. The minimum Gasteiger partial charge on any atom is -0.410 e. The lowest BCUT2D eigenvalue weighted by atomic mass is 9.53. The van der Waals surface area contributed by atoms with Gasteiger partial charge in [0.2, 0.25) is 11.6 Å². The summed E-state index contributed by atoms with van der Waals surface area (Å²) in [6.45, 7) is 1.32. The summed E-state index contributed by atoms with van der Waals surface area (Å²) >= 11 is 0. The van der Waals surface area contributed by atoms with Crippen LogP contribution >= 0.6 is 0 Å². The first-order valence-electron chi connectivity index (χ1n) is 13.9. The minimum atomic E-state index is -0.626. The second kappa shape index (κ2) is 8.44. The number of carbonyl (C=O) groups is 1. The summed E-state index contributed by atoms with van der Waals surface area (Å²) in [5, 5.41) is 0. The average molecular weight is 483 g/mol. The molecule has 2 heterocycles. The van der Waals surface area contributed by atoms with Gasteiger partial charge in [-0.05, 0) is 93.2 Å². The van der Waals surface area contributed by atoms with Crippen molar-refractivity contribution in [2.45, 2.75) is 94.2 Å². The molecule has 35 heavy (non-hydrogen) atoms. The molecular formula is C28H38N2O5. The van der Waals surface area contributed by atoms with Gasteiger partial charge in [0.1, 0.15) is 5.75 Å². The van der Waals surface area contributed by atoms with Crippen molar-refractivity contribution < 1.29 is 24.0 Å². The molecule has 1 aromatic rings. The Hall–Kier alpha value is -1.67. The highest BCUT2D eigenvalue weighted by Crippen LogP contribution is 2.64. The van der Waals surface area contributed by atoms with Crippen LogP contribution in [-0.4, -0.2) is 41.7 Å². The molecule has 0 aromatic heterocycles. The van der Waals surface area contributed by atoms with Crippen molar-refractivity contribution in [3.63, 3.8) is 0 Å². The monoisotopic (exact) mass is 482 g/mol. The third-order valence-corrected chi connectivity index (χ3v) is 9.97. The lowest BCUT2D eigenvalue weighted by molar-refractivity contribution is -0.390. The Balaban J connectivity index is 1.01. The van der Waals surface area contributed by atoms with Gasteiger partial charge in [-0.3, -0.25) is 0 Å². The van der Waals surface area contributed by atoms with Crippen LogP contribution in [0.15, 0.2) is 24.3 Å². The van der Waals surface area contributed by atoms with Gasteiger partial charge in [0.25, 0.3) is 0 Å². The van der Waals surface area contributed by atoms with E-state index in [-0.39, 0.29) is 12.1 Å². The number of nitrogens with zero attached hydrogens (tertiary/aromatic N) is 1. The molecule has 190 valence electrons. The van der Waals surface area contributed by atoms with Gasteiger partial charge in [0.05, 0.1) is 0 Å². The van der Waals surface area contributed by atoms with E-state index < -0.39 is 11.6 Å². The maximum absolute atomic E-state index is 12.5. The number of hydrogen-bond acceptors (Lipinski definition) is 6. The quantitative estimate of drug-likeness (QED) is 0.591. The fourth-order valence-corrected chi connectivity index (χ4v) is 8.32. The predicted molar refractivity (Wildman–Crippen MR) is 128 cm³/mol. The zero-order valence-electron chi connectivity index (χ0n) is 20.5. The van der Waals surface area contributed by atoms with E-state index >= 15 is 0 Å². The predicted octanol–water partition coefficient (Wildman–Crippen LogP) is 5.09. The number of carbonyl (C=O) groups excluding carboxylic acids is 1. The largest absolute Gasteiger partial charge is 0.415 e. The molecule has 4 bridgehead atoms. The maximum Gasteiger partial charge on any atom is 0.415 e. The van der Waals surface area contributed by atoms with Crippen LogP contribution in [0.4, 0.5) is 4.79 Å². The van der Waals surface area contributed by atoms with Crippen LogP contribution in [0.25, 0.3) is 0 Å². The van der Waals surface area contributed by atoms with Crippen molar-refractivity contribution in [1.82, 2.24) is 4.90 Å². The normalized spacial score (nSPS) is 42.8. The van der Waals surface area contributed by atoms with Gasteiger partial charge in [-0.2, -0.15) is 9.78 Å². The summed E-state index contributed by atoms with van der Waals surface area (Å²) in [5.74, 6) is 2.50. The number of nitrogens with two attached hydrogens (primary N) is 1. The molecular weight excluding hydrogens is 444 g/mol. The summed E-state index contributed by atoms with van der Waals surface area (Å²) in [6.07, 6.45) is 11.6. The average Bonchev–Trinajstić information content (AvgIpc) is 3.22. The molecule has 8 rings (SSSR count). The molecule has 2 aliphatic heterocycles. The van der Waals surface area contributed by atoms with Crippen molar-refractivity contribution in [2.24, 2.45) is 29.4 Å². The molecule has 1 unspecified atom stereocenters. The van der Waals surface area contributed by atoms with E-state index in [0.29, 0.717) is 36.6 Å². The molecule has 2 N–H and O–H groups in total. The van der Waals surface area contributed by atoms with E-state index in [1.165, 1.54) is 37.7 Å². The molecule has 5 aliphatic carbocycles. The first-order chi connectivity index (χ1) is 17.0. The van der Waals surface area contributed by atoms with Crippen LogP contribution in [0.5, 0.6) is 5.75 Å². The van der Waals surface area contributed by atoms with Gasteiger partial charge in [0, 0.05) is 43.8 Å². The Labute approximate surface area is 207 Å². The zero-order valence-corrected chi connectivity index (χ0v) is 20.5. The van der Waals surface area contributed by atoms with E-state index in [1.54, 1.807) is 4.90 Å². The third kappa shape index (κ3) is 3.90. The fourth-order valence-electron chi connectivity index (χ4n) is 8.32. The van der Waals surface area contributed by atoms with E-state index in [0.717, 1.165) is 50.4 Å². The molecule has 7 fully saturated rings. The Morgan fingerprint density at radius 2 is 1.63 bits per heavy atom. The topological polar surface area (TPSA) is 83.3 Å². The summed E-state index contributed by atoms with van der Waals surface area (Å²) in [5.41, 5.74) is 7.19. The van der Waals surface area contributed by atoms with Crippen LogP contribution in [0.3, 0.4) is 0 Å². The number of likely N-dealkylation sites (tertiary alicyclic amines) is 1. The van der Waals surface area contributed by atoms with Gasteiger partial charge in [-0.25, -0.2) is 4.79 Å². The van der Waals surface area contributed by atoms with Crippen molar-refractivity contribution >= 4 is 6.09 Å². The number of benzene rings is 1. The second-order valence-corrected chi connectivity index (χ2v) is 12.3. The minimum absolute atomic E-state index is 0.188. The molecule has 1 aromatic carbocycles. The molecule has 2 spiro atoms. The van der Waals surface area contributed by atoms with Gasteiger partial charge >= 0.3 is 6.09 Å². The van der Waals surface area contributed by atoms with E-state index in [9.17, 15) is 4.79 Å². The number of amides is 1. The first kappa shape index (κ1) is 22.5. The highest BCUT2D eigenvalue weighted by atomic mass is 17.3. The smallest absolute Gasteiger partial charge is 0.410 e. The van der Waals surface area contributed by atoms with Crippen LogP contribution < -0.4 is 10.5 Å². The van der Waals surface area contributed by atoms with Crippen LogP contribution in [0, 0.1) is 23.7 Å². The maximum atomic E-state index is 12.5. The first-order valence-corrected chi connectivity index (χ1v) is 13.9. The van der Waals surface area contributed by atoms with Crippen LogP contribution in [0.1, 0.15) is 82.1 Å². The van der Waals surface area contributed by atoms with E-state index in [1.807, 2.05) is 12.1 Å². The molecule has 7 nitrogen and oxygen atoms in total. The van der Waals surface area contributed by atoms with Crippen LogP contribution in [0.2, 0.25) is 0 Å². The van der Waals surface area contributed by atoms with Gasteiger partial charge < -0.3 is 20.1 Å². The summed E-state index contributed by atoms with van der Waals surface area (Å²) in [6, 6.07) is 8.19. The number of rotatable bonds is 2. The molecule has 0 radical (unpaired) electrons. The SMILES string of the molecule is NC1CCN(C(=O)Oc2ccc(C3CCC[C@]4(C3)OOC3(O4)C4CC5CC(C4)CC3C5)cc2)CC1. The zero-order chi connectivity index (χ0) is 23.6. The van der Waals surface area contributed by atoms with E-state index in [2.05, 4.69) is 12.1 Å². The number of ether oxygens (including phenoxy) is 2. The lowest BCUT2D eigenvalue weighted by Gasteiger charge is -2.57. The van der Waals surface area contributed by atoms with Gasteiger partial charge in [-0.15, -0.1) is 0 Å². The lowest BCUT2D eigenvalue weighted by Crippen LogP contribution is -2.59. The molecule has 2 saturated heterocycles. The van der Waals surface area contributed by atoms with Crippen molar-refractivity contribution in [3.8, 4) is 5.75 Å². The van der Waals surface area contributed by atoms with Gasteiger partial charge in [0.15, 0.2) is 0 Å². The van der Waals surface area contributed by atoms with E-state index in [4.69, 9.17) is 25.0 Å². The van der Waals surface area contributed by atoms with Gasteiger partial charge in [-0.1, -0.05) is 12.1 Å². The molecule has 7 aliphatic rings. The standard InChI is InChI=1S/C28H38N2O5/c29-24-7-10-30(11-8-24)26(31)32-25-5-3-20(4-6-25)21-2-1-9-27(17-21)33-28(35-34-27)22-13-18-12-19(15-22)16-23(28)14-18/h3-6,18-19,21-24H,1-2,7-17,29H2/t18?,19?,21?,22?,23?,27-,28?/m1/s1.